The van der Waals surface area contributed by atoms with Crippen LogP contribution >= 0.6 is 21.6 Å². The molecule has 0 bridgehead atoms. The minimum atomic E-state index is -0.852. The van der Waals surface area contributed by atoms with E-state index in [1.165, 1.54) is 13.8 Å². The van der Waals surface area contributed by atoms with Crippen LogP contribution in [0.15, 0.2) is 0 Å². The van der Waals surface area contributed by atoms with Gasteiger partial charge in [-0.25, -0.2) is 0 Å². The Labute approximate surface area is 124 Å². The first kappa shape index (κ1) is 18.7. The molecule has 8 nitrogen and oxygen atoms in total. The summed E-state index contributed by atoms with van der Waals surface area (Å²) in [6.45, 7) is 2.53. The maximum absolute atomic E-state index is 11.7. The summed E-state index contributed by atoms with van der Waals surface area (Å²) >= 11 is 0. The molecule has 0 radical (unpaired) electrons. The molecular formula is C10H18N4O4S2. The molecule has 20 heavy (non-hydrogen) atoms. The van der Waals surface area contributed by atoms with Gasteiger partial charge in [0.05, 0.1) is 0 Å². The predicted octanol–water partition coefficient (Wildman–Crippen LogP) is -1.65. The second-order valence-corrected chi connectivity index (χ2v) is 6.18. The first-order chi connectivity index (χ1) is 9.27. The van der Waals surface area contributed by atoms with Gasteiger partial charge in [-0.3, -0.25) is 19.2 Å². The molecule has 0 aromatic carbocycles. The molecule has 0 aromatic heterocycles. The molecule has 0 saturated heterocycles. The van der Waals surface area contributed by atoms with Gasteiger partial charge in [-0.05, 0) is 10.8 Å². The fourth-order valence-electron chi connectivity index (χ4n) is 1.12. The van der Waals surface area contributed by atoms with Crippen LogP contribution in [0.4, 0.5) is 0 Å². The Bertz CT molecular complexity index is 391. The monoisotopic (exact) mass is 322 g/mol. The van der Waals surface area contributed by atoms with Gasteiger partial charge in [0.2, 0.25) is 22.8 Å². The molecule has 114 valence electrons. The summed E-state index contributed by atoms with van der Waals surface area (Å²) in [5.74, 6) is -1.28. The van der Waals surface area contributed by atoms with Crippen LogP contribution in [0.2, 0.25) is 0 Å². The minimum absolute atomic E-state index is 0.0169. The molecular weight excluding hydrogens is 304 g/mol. The highest BCUT2D eigenvalue weighted by Crippen LogP contribution is 2.24. The number of rotatable bonds is 8. The van der Waals surface area contributed by atoms with E-state index in [2.05, 4.69) is 10.6 Å². The van der Waals surface area contributed by atoms with Crippen molar-refractivity contribution >= 4 is 44.4 Å². The summed E-state index contributed by atoms with van der Waals surface area (Å²) in [5, 5.41) is 4.45. The third-order valence-electron chi connectivity index (χ3n) is 1.99. The lowest BCUT2D eigenvalue weighted by molar-refractivity contribution is -0.125. The zero-order valence-corrected chi connectivity index (χ0v) is 12.8. The van der Waals surface area contributed by atoms with Crippen LogP contribution in [0.5, 0.6) is 0 Å². The molecule has 6 N–H and O–H groups in total. The molecule has 0 aliphatic rings. The highest BCUT2D eigenvalue weighted by Gasteiger charge is 2.21. The van der Waals surface area contributed by atoms with E-state index in [1.807, 2.05) is 0 Å². The van der Waals surface area contributed by atoms with Gasteiger partial charge in [0.25, 0.3) is 0 Å². The second kappa shape index (κ2) is 9.61. The van der Waals surface area contributed by atoms with Crippen LogP contribution in [-0.2, 0) is 19.2 Å². The minimum Gasteiger partial charge on any atom is -0.368 e. The molecule has 0 saturated carbocycles. The van der Waals surface area contributed by atoms with Gasteiger partial charge >= 0.3 is 0 Å². The Morgan fingerprint density at radius 3 is 1.95 bits per heavy atom. The Morgan fingerprint density at radius 1 is 1.05 bits per heavy atom. The van der Waals surface area contributed by atoms with Crippen molar-refractivity contribution in [2.75, 3.05) is 12.3 Å². The third-order valence-corrected chi connectivity index (χ3v) is 4.29. The van der Waals surface area contributed by atoms with Crippen molar-refractivity contribution in [3.8, 4) is 0 Å². The summed E-state index contributed by atoms with van der Waals surface area (Å²) in [5.41, 5.74) is 10.5. The molecule has 0 rings (SSSR count). The van der Waals surface area contributed by atoms with Gasteiger partial charge in [0.15, 0.2) is 0 Å². The van der Waals surface area contributed by atoms with Crippen LogP contribution in [0, 0.1) is 0 Å². The number of carbonyl (C=O) groups is 4. The molecule has 0 spiro atoms. The molecule has 0 fully saturated rings. The van der Waals surface area contributed by atoms with E-state index in [4.69, 9.17) is 11.5 Å². The predicted molar refractivity (Wildman–Crippen MR) is 78.5 cm³/mol. The van der Waals surface area contributed by atoms with E-state index in [-0.39, 0.29) is 29.2 Å². The summed E-state index contributed by atoms with van der Waals surface area (Å²) in [4.78, 5) is 44.5. The van der Waals surface area contributed by atoms with Crippen molar-refractivity contribution in [3.63, 3.8) is 0 Å². The van der Waals surface area contributed by atoms with Gasteiger partial charge < -0.3 is 22.1 Å². The summed E-state index contributed by atoms with van der Waals surface area (Å²) in [6.07, 6.45) is 0. The molecule has 0 aliphatic carbocycles. The highest BCUT2D eigenvalue weighted by atomic mass is 33.1. The van der Waals surface area contributed by atoms with Crippen molar-refractivity contribution in [1.29, 1.82) is 0 Å². The zero-order valence-electron chi connectivity index (χ0n) is 11.2. The highest BCUT2D eigenvalue weighted by molar-refractivity contribution is 8.82. The van der Waals surface area contributed by atoms with Crippen molar-refractivity contribution in [1.82, 2.24) is 10.6 Å². The Kier molecular flexibility index (Phi) is 9.01. The summed E-state index contributed by atoms with van der Waals surface area (Å²) in [7, 11) is 1.90. The Hall–Kier alpha value is -1.26. The summed E-state index contributed by atoms with van der Waals surface area (Å²) < 4.78 is 0. The van der Waals surface area contributed by atoms with Crippen LogP contribution in [0.25, 0.3) is 0 Å². The average Bonchev–Trinajstić information content (AvgIpc) is 2.33. The standard InChI is InChI=1S/C10H18N4O4S2/c1-5(15)13-7(3-11)10(18)20-19-4-8(9(12)17)14-6(2)16/h7-8H,3-4,11H2,1-2H3,(H2,12,17)(H,13,15)(H,14,16)/t7-,8+/m1/s1. The number of primary amides is 1. The normalized spacial score (nSPS) is 13.2. The van der Waals surface area contributed by atoms with E-state index in [0.29, 0.717) is 0 Å². The fourth-order valence-corrected chi connectivity index (χ4v) is 3.27. The number of carbonyl (C=O) groups excluding carboxylic acids is 4. The summed E-state index contributed by atoms with van der Waals surface area (Å²) in [6, 6.07) is -1.63. The van der Waals surface area contributed by atoms with Crippen LogP contribution in [0.3, 0.4) is 0 Å². The quantitative estimate of drug-likeness (QED) is 0.392. The topological polar surface area (TPSA) is 144 Å². The number of nitrogens with two attached hydrogens (primary N) is 2. The second-order valence-electron chi connectivity index (χ2n) is 3.83. The first-order valence-electron chi connectivity index (χ1n) is 5.64. The zero-order chi connectivity index (χ0) is 15.7. The Balaban J connectivity index is 4.25. The number of hydrogen-bond acceptors (Lipinski definition) is 7. The van der Waals surface area contributed by atoms with Crippen molar-refractivity contribution < 1.29 is 19.2 Å². The van der Waals surface area contributed by atoms with Gasteiger partial charge in [0, 0.05) is 26.1 Å². The Morgan fingerprint density at radius 2 is 1.55 bits per heavy atom. The van der Waals surface area contributed by atoms with Gasteiger partial charge in [-0.1, -0.05) is 10.8 Å². The number of hydrogen-bond donors (Lipinski definition) is 4. The maximum Gasteiger partial charge on any atom is 0.240 e. The average molecular weight is 322 g/mol. The van der Waals surface area contributed by atoms with Gasteiger partial charge in [-0.2, -0.15) is 0 Å². The maximum atomic E-state index is 11.7. The van der Waals surface area contributed by atoms with Crippen LogP contribution in [0.1, 0.15) is 13.8 Å². The molecule has 3 amide bonds. The number of amides is 3. The molecule has 10 heteroatoms. The van der Waals surface area contributed by atoms with E-state index in [1.54, 1.807) is 0 Å². The largest absolute Gasteiger partial charge is 0.368 e. The number of nitrogens with one attached hydrogen (secondary N) is 2. The molecule has 2 atom stereocenters. The fraction of sp³-hybridized carbons (Fsp3) is 0.600. The lowest BCUT2D eigenvalue weighted by Crippen LogP contribution is -2.45. The van der Waals surface area contributed by atoms with Crippen molar-refractivity contribution in [2.45, 2.75) is 25.9 Å². The van der Waals surface area contributed by atoms with Gasteiger partial charge in [0.1, 0.15) is 12.1 Å². The van der Waals surface area contributed by atoms with E-state index < -0.39 is 18.0 Å². The SMILES string of the molecule is CC(=O)N[C@@H](CSSC(=O)[C@@H](CN)NC(C)=O)C(N)=O. The van der Waals surface area contributed by atoms with E-state index in [0.717, 1.165) is 21.6 Å². The lowest BCUT2D eigenvalue weighted by Gasteiger charge is -2.15. The van der Waals surface area contributed by atoms with E-state index >= 15 is 0 Å². The van der Waals surface area contributed by atoms with Crippen molar-refractivity contribution in [3.05, 3.63) is 0 Å². The van der Waals surface area contributed by atoms with Crippen LogP contribution < -0.4 is 22.1 Å². The smallest absolute Gasteiger partial charge is 0.240 e. The lowest BCUT2D eigenvalue weighted by atomic mass is 10.3. The van der Waals surface area contributed by atoms with E-state index in [9.17, 15) is 19.2 Å². The molecule has 0 heterocycles. The third kappa shape index (κ3) is 8.02. The molecule has 0 unspecified atom stereocenters. The molecule has 0 aliphatic heterocycles. The molecule has 0 aromatic rings. The van der Waals surface area contributed by atoms with Crippen LogP contribution in [-0.4, -0.2) is 47.2 Å². The van der Waals surface area contributed by atoms with Gasteiger partial charge in [-0.15, -0.1) is 0 Å². The van der Waals surface area contributed by atoms with Crippen molar-refractivity contribution in [2.24, 2.45) is 11.5 Å². The first-order valence-corrected chi connectivity index (χ1v) is 7.96.